The summed E-state index contributed by atoms with van der Waals surface area (Å²) in [6.45, 7) is 17.8. The normalized spacial score (nSPS) is 12.6. The molecular weight excluding hydrogens is 371 g/mol. The Morgan fingerprint density at radius 2 is 1.52 bits per heavy atom. The lowest BCUT2D eigenvalue weighted by atomic mass is 10.1. The zero-order valence-corrected chi connectivity index (χ0v) is 19.9. The molecule has 0 unspecified atom stereocenters. The maximum Gasteiger partial charge on any atom is 0.0849 e. The molecule has 3 aromatic rings. The Hall–Kier alpha value is -2.05. The number of nitrogens with zero attached hydrogens (tertiary/aromatic N) is 2. The molecular formula is C26H33N2P. The van der Waals surface area contributed by atoms with Crippen LogP contribution in [0.5, 0.6) is 0 Å². The van der Waals surface area contributed by atoms with Crippen molar-refractivity contribution in [3.63, 3.8) is 0 Å². The second-order valence-corrected chi connectivity index (χ2v) is 11.9. The number of rotatable bonds is 5. The fraction of sp³-hybridized carbons (Fsp3) is 0.385. The third-order valence-corrected chi connectivity index (χ3v) is 8.52. The van der Waals surface area contributed by atoms with Gasteiger partial charge in [0.1, 0.15) is 0 Å². The number of aromatic nitrogens is 1. The van der Waals surface area contributed by atoms with Crippen LogP contribution in [0.15, 0.2) is 47.5 Å². The lowest BCUT2D eigenvalue weighted by Gasteiger charge is -2.27. The van der Waals surface area contributed by atoms with Crippen molar-refractivity contribution in [3.05, 3.63) is 64.8 Å². The van der Waals surface area contributed by atoms with Crippen molar-refractivity contribution in [2.24, 2.45) is 4.99 Å². The molecule has 152 valence electrons. The summed E-state index contributed by atoms with van der Waals surface area (Å²) in [5, 5.41) is 2.63. The lowest BCUT2D eigenvalue weighted by Crippen LogP contribution is -2.17. The van der Waals surface area contributed by atoms with Gasteiger partial charge in [0.15, 0.2) is 0 Å². The van der Waals surface area contributed by atoms with E-state index in [1.165, 1.54) is 27.4 Å². The van der Waals surface area contributed by atoms with Gasteiger partial charge in [-0.1, -0.05) is 77.6 Å². The molecule has 0 saturated carbocycles. The van der Waals surface area contributed by atoms with Gasteiger partial charge >= 0.3 is 0 Å². The Balaban J connectivity index is 2.13. The molecule has 0 aliphatic carbocycles. The number of hydrogen-bond acceptors (Lipinski definition) is 2. The number of pyridine rings is 1. The summed E-state index contributed by atoms with van der Waals surface area (Å²) in [7, 11) is -0.270. The van der Waals surface area contributed by atoms with Crippen molar-refractivity contribution < 1.29 is 0 Å². The Bertz CT molecular complexity index is 1030. The Labute approximate surface area is 177 Å². The summed E-state index contributed by atoms with van der Waals surface area (Å²) in [6.07, 6.45) is 0. The SMILES string of the molecule is CC(=Nc1c(C)cc(C)cc1C)c1ccc2cccc(P(C(C)C)C(C)C)c2n1. The van der Waals surface area contributed by atoms with E-state index in [9.17, 15) is 0 Å². The number of fused-ring (bicyclic) bond motifs is 1. The second-order valence-electron chi connectivity index (χ2n) is 8.58. The summed E-state index contributed by atoms with van der Waals surface area (Å²) in [4.78, 5) is 10.1. The summed E-state index contributed by atoms with van der Waals surface area (Å²) < 4.78 is 0. The minimum absolute atomic E-state index is 0.270. The molecule has 0 aliphatic rings. The Morgan fingerprint density at radius 1 is 0.897 bits per heavy atom. The van der Waals surface area contributed by atoms with Crippen molar-refractivity contribution >= 4 is 35.5 Å². The highest BCUT2D eigenvalue weighted by atomic mass is 31.1. The maximum absolute atomic E-state index is 5.12. The average molecular weight is 405 g/mol. The standard InChI is InChI=1S/C26H33N2P/c1-16(2)29(17(3)4)24-11-9-10-22-12-13-23(28-26(22)24)21(8)27-25-19(6)14-18(5)15-20(25)7/h9-17H,1-8H3. The summed E-state index contributed by atoms with van der Waals surface area (Å²) >= 11 is 0. The molecule has 29 heavy (non-hydrogen) atoms. The van der Waals surface area contributed by atoms with Crippen LogP contribution in [0.2, 0.25) is 0 Å². The monoisotopic (exact) mass is 404 g/mol. The van der Waals surface area contributed by atoms with Crippen LogP contribution in [0, 0.1) is 20.8 Å². The molecule has 0 fully saturated rings. The molecule has 0 saturated heterocycles. The maximum atomic E-state index is 5.12. The summed E-state index contributed by atoms with van der Waals surface area (Å²) in [5.74, 6) is 0. The van der Waals surface area contributed by atoms with Crippen LogP contribution in [0.4, 0.5) is 5.69 Å². The Morgan fingerprint density at radius 3 is 2.10 bits per heavy atom. The van der Waals surface area contributed by atoms with Crippen molar-refractivity contribution in [1.29, 1.82) is 0 Å². The van der Waals surface area contributed by atoms with Crippen LogP contribution >= 0.6 is 7.92 Å². The highest BCUT2D eigenvalue weighted by Gasteiger charge is 2.22. The highest BCUT2D eigenvalue weighted by Crippen LogP contribution is 2.46. The van der Waals surface area contributed by atoms with E-state index in [1.807, 2.05) is 0 Å². The highest BCUT2D eigenvalue weighted by molar-refractivity contribution is 7.67. The van der Waals surface area contributed by atoms with Gasteiger partial charge < -0.3 is 0 Å². The molecule has 3 rings (SSSR count). The van der Waals surface area contributed by atoms with E-state index in [2.05, 4.69) is 97.9 Å². The molecule has 0 aliphatic heterocycles. The van der Waals surface area contributed by atoms with Crippen molar-refractivity contribution in [2.75, 3.05) is 0 Å². The first kappa shape index (κ1) is 21.7. The second kappa shape index (κ2) is 8.76. The van der Waals surface area contributed by atoms with Gasteiger partial charge in [-0.25, -0.2) is 4.98 Å². The molecule has 0 radical (unpaired) electrons. The van der Waals surface area contributed by atoms with E-state index in [0.29, 0.717) is 11.3 Å². The zero-order chi connectivity index (χ0) is 21.3. The average Bonchev–Trinajstić information content (AvgIpc) is 2.63. The molecule has 0 spiro atoms. The van der Waals surface area contributed by atoms with Gasteiger partial charge in [-0.3, -0.25) is 4.99 Å². The van der Waals surface area contributed by atoms with Gasteiger partial charge in [0, 0.05) is 10.7 Å². The van der Waals surface area contributed by atoms with E-state index in [4.69, 9.17) is 9.98 Å². The number of aliphatic imine (C=N–C) groups is 1. The topological polar surface area (TPSA) is 25.2 Å². The van der Waals surface area contributed by atoms with Crippen molar-refractivity contribution in [1.82, 2.24) is 4.98 Å². The van der Waals surface area contributed by atoms with Crippen LogP contribution in [0.3, 0.4) is 0 Å². The van der Waals surface area contributed by atoms with Gasteiger partial charge in [-0.2, -0.15) is 0 Å². The van der Waals surface area contributed by atoms with E-state index in [1.54, 1.807) is 0 Å². The fourth-order valence-corrected chi connectivity index (χ4v) is 7.25. The predicted octanol–water partition coefficient (Wildman–Crippen LogP) is 7.22. The predicted molar refractivity (Wildman–Crippen MR) is 131 cm³/mol. The van der Waals surface area contributed by atoms with Crippen molar-refractivity contribution in [2.45, 2.75) is 66.7 Å². The van der Waals surface area contributed by atoms with Gasteiger partial charge in [-0.05, 0) is 56.2 Å². The van der Waals surface area contributed by atoms with Gasteiger partial charge in [0.05, 0.1) is 22.6 Å². The molecule has 0 bridgehead atoms. The van der Waals surface area contributed by atoms with Gasteiger partial charge in [0.25, 0.3) is 0 Å². The number of benzene rings is 2. The first-order chi connectivity index (χ1) is 13.7. The Kier molecular flexibility index (Phi) is 6.54. The van der Waals surface area contributed by atoms with Gasteiger partial charge in [-0.15, -0.1) is 0 Å². The van der Waals surface area contributed by atoms with Crippen LogP contribution in [0.1, 0.15) is 57.0 Å². The first-order valence-corrected chi connectivity index (χ1v) is 12.0. The molecule has 0 atom stereocenters. The molecule has 0 amide bonds. The quantitative estimate of drug-likeness (QED) is 0.325. The third kappa shape index (κ3) is 4.59. The number of para-hydroxylation sites is 1. The molecule has 2 aromatic carbocycles. The van der Waals surface area contributed by atoms with Crippen molar-refractivity contribution in [3.8, 4) is 0 Å². The zero-order valence-electron chi connectivity index (χ0n) is 19.0. The van der Waals surface area contributed by atoms with Crippen LogP contribution in [0.25, 0.3) is 10.9 Å². The minimum atomic E-state index is -0.270. The fourth-order valence-electron chi connectivity index (χ4n) is 4.27. The first-order valence-electron chi connectivity index (χ1n) is 10.5. The van der Waals surface area contributed by atoms with Crippen LogP contribution in [-0.4, -0.2) is 22.0 Å². The van der Waals surface area contributed by atoms with E-state index < -0.39 is 0 Å². The lowest BCUT2D eigenvalue weighted by molar-refractivity contribution is 1.02. The van der Waals surface area contributed by atoms with Crippen LogP contribution < -0.4 is 5.30 Å². The minimum Gasteiger partial charge on any atom is -0.251 e. The molecule has 1 heterocycles. The number of aryl methyl sites for hydroxylation is 3. The molecule has 2 nitrogen and oxygen atoms in total. The molecule has 1 aromatic heterocycles. The van der Waals surface area contributed by atoms with E-state index in [0.717, 1.165) is 22.6 Å². The third-order valence-electron chi connectivity index (χ3n) is 5.38. The molecule has 3 heteroatoms. The summed E-state index contributed by atoms with van der Waals surface area (Å²) in [6, 6.07) is 15.3. The molecule has 0 N–H and O–H groups in total. The smallest absolute Gasteiger partial charge is 0.0849 e. The van der Waals surface area contributed by atoms with E-state index >= 15 is 0 Å². The van der Waals surface area contributed by atoms with Gasteiger partial charge in [0.2, 0.25) is 0 Å². The largest absolute Gasteiger partial charge is 0.251 e. The van der Waals surface area contributed by atoms with Crippen LogP contribution in [-0.2, 0) is 0 Å². The number of hydrogen-bond donors (Lipinski definition) is 0. The summed E-state index contributed by atoms with van der Waals surface area (Å²) in [5.41, 5.74) is 9.11. The van der Waals surface area contributed by atoms with E-state index in [-0.39, 0.29) is 7.92 Å².